The molecule has 13 rings (SSSR count). The maximum Gasteiger partial charge on any atom is 0.0738 e. The molecule has 5 heterocycles. The van der Waals surface area contributed by atoms with Gasteiger partial charge in [-0.05, 0) is 173 Å². The van der Waals surface area contributed by atoms with Gasteiger partial charge in [-0.2, -0.15) is 0 Å². The number of H-pyrrole nitrogens is 2. The van der Waals surface area contributed by atoms with Gasteiger partial charge in [0.05, 0.1) is 32.8 Å². The summed E-state index contributed by atoms with van der Waals surface area (Å²) >= 11 is 13.6. The molecule has 0 unspecified atom stereocenters. The van der Waals surface area contributed by atoms with Gasteiger partial charge in [-0.15, -0.1) is 0 Å². The van der Waals surface area contributed by atoms with Crippen molar-refractivity contribution in [2.24, 2.45) is 0 Å². The van der Waals surface area contributed by atoms with Crippen molar-refractivity contribution >= 4 is 140 Å². The van der Waals surface area contributed by atoms with Crippen LogP contribution in [0.2, 0.25) is 10.0 Å². The first kappa shape index (κ1) is 51.2. The lowest BCUT2D eigenvalue weighted by Gasteiger charge is -2.25. The molecule has 0 aliphatic carbocycles. The number of halogens is 2. The summed E-state index contributed by atoms with van der Waals surface area (Å²) in [6.07, 6.45) is 21.0. The van der Waals surface area contributed by atoms with E-state index in [4.69, 9.17) is 33.2 Å². The third kappa shape index (κ3) is 11.3. The first-order chi connectivity index (χ1) is 40.4. The number of hydrogen-bond donors (Lipinski definition) is 2. The highest BCUT2D eigenvalue weighted by atomic mass is 35.5. The zero-order valence-electron chi connectivity index (χ0n) is 44.4. The van der Waals surface area contributed by atoms with Crippen LogP contribution in [0.25, 0.3) is 94.0 Å². The van der Waals surface area contributed by atoms with E-state index in [1.807, 2.05) is 72.8 Å². The van der Waals surface area contributed by atoms with E-state index in [1.54, 1.807) is 0 Å². The van der Waals surface area contributed by atoms with E-state index < -0.39 is 0 Å². The molecule has 8 heteroatoms. The predicted molar refractivity (Wildman–Crippen MR) is 350 cm³/mol. The second-order valence-electron chi connectivity index (χ2n) is 20.0. The van der Waals surface area contributed by atoms with E-state index in [0.717, 1.165) is 123 Å². The molecule has 2 aliphatic heterocycles. The quantitative estimate of drug-likeness (QED) is 0.113. The van der Waals surface area contributed by atoms with Gasteiger partial charge in [0.25, 0.3) is 0 Å². The molecule has 2 aliphatic rings. The van der Waals surface area contributed by atoms with Crippen LogP contribution in [-0.2, 0) is 0 Å². The number of rotatable bonds is 13. The Bertz CT molecular complexity index is 4370. The van der Waals surface area contributed by atoms with Crippen LogP contribution in [0.4, 0.5) is 34.1 Å². The number of para-hydroxylation sites is 3. The number of aromatic nitrogens is 4. The normalized spacial score (nSPS) is 12.0. The van der Waals surface area contributed by atoms with Gasteiger partial charge >= 0.3 is 0 Å². The molecule has 0 atom stereocenters. The number of aromatic amines is 2. The highest BCUT2D eigenvalue weighted by Crippen LogP contribution is 2.40. The van der Waals surface area contributed by atoms with Crippen molar-refractivity contribution in [1.82, 2.24) is 19.9 Å². The van der Waals surface area contributed by atoms with Gasteiger partial charge in [0, 0.05) is 72.9 Å². The largest absolute Gasteiger partial charge is 0.355 e. The average molecular weight is 1100 g/mol. The first-order valence-electron chi connectivity index (χ1n) is 27.2. The number of nitrogens with one attached hydrogen (secondary N) is 2. The molecular formula is C74H52Cl2N6. The monoisotopic (exact) mass is 1090 g/mol. The van der Waals surface area contributed by atoms with Crippen LogP contribution in [0.5, 0.6) is 0 Å². The molecule has 392 valence electrons. The maximum atomic E-state index is 6.80. The Morgan fingerprint density at radius 1 is 0.305 bits per heavy atom. The molecule has 0 saturated heterocycles. The van der Waals surface area contributed by atoms with Gasteiger partial charge in [-0.3, -0.25) is 0 Å². The van der Waals surface area contributed by atoms with Crippen LogP contribution in [0.15, 0.2) is 243 Å². The van der Waals surface area contributed by atoms with Crippen molar-refractivity contribution in [3.05, 3.63) is 309 Å². The van der Waals surface area contributed by atoms with E-state index in [2.05, 4.69) is 250 Å². The standard InChI is InChI=1S/C74H52Cl2N6/c75-67-17-10-18-68(76)73(67)74-71-47-36-58(79-71)49-56-34-45-69(77-56)66(70-46-35-57(78-70)50-59-37-48-72(74)80-59)44-33-52-22-19-51(20-23-52)21-24-53-29-40-64(41-30-53)82(62-15-8-3-9-16-62)65-42-31-55(32-43-65)26-25-54-27-38-63(39-28-54)81(60-11-4-1-5-12-60)61-13-6-2-7-14-61/h1-50,77,80H/b24-21+,26-25+,44-33+,56-49?,57-50?,58-49?,59-50?,69-66?,70-66?,74-71?,74-72?. The van der Waals surface area contributed by atoms with Gasteiger partial charge in [0.15, 0.2) is 0 Å². The first-order valence-corrected chi connectivity index (χ1v) is 27.9. The zero-order valence-corrected chi connectivity index (χ0v) is 45.9. The van der Waals surface area contributed by atoms with E-state index in [-0.39, 0.29) is 0 Å². The molecule has 8 bridgehead atoms. The molecule has 8 aromatic carbocycles. The average Bonchev–Trinajstić information content (AvgIpc) is 4.52. The Labute approximate surface area is 487 Å². The minimum Gasteiger partial charge on any atom is -0.355 e. The van der Waals surface area contributed by atoms with Gasteiger partial charge in [-0.25, -0.2) is 9.97 Å². The van der Waals surface area contributed by atoms with Gasteiger partial charge in [-0.1, -0.05) is 181 Å². The summed E-state index contributed by atoms with van der Waals surface area (Å²) in [5.74, 6) is 0. The van der Waals surface area contributed by atoms with Crippen LogP contribution in [0.1, 0.15) is 56.2 Å². The summed E-state index contributed by atoms with van der Waals surface area (Å²) in [5.41, 5.74) is 21.5. The Kier molecular flexibility index (Phi) is 14.5. The molecule has 0 fully saturated rings. The van der Waals surface area contributed by atoms with Crippen molar-refractivity contribution in [3.63, 3.8) is 0 Å². The van der Waals surface area contributed by atoms with Crippen molar-refractivity contribution in [3.8, 4) is 11.1 Å². The Hall–Kier alpha value is -10.2. The van der Waals surface area contributed by atoms with E-state index in [0.29, 0.717) is 10.0 Å². The lowest BCUT2D eigenvalue weighted by Crippen LogP contribution is -2.09. The van der Waals surface area contributed by atoms with Crippen molar-refractivity contribution in [1.29, 1.82) is 0 Å². The molecule has 82 heavy (non-hydrogen) atoms. The molecule has 2 N–H and O–H groups in total. The lowest BCUT2D eigenvalue weighted by molar-refractivity contribution is 1.28. The maximum absolute atomic E-state index is 6.80. The summed E-state index contributed by atoms with van der Waals surface area (Å²) in [5, 5.41) is 1.10. The predicted octanol–water partition coefficient (Wildman–Crippen LogP) is 21.1. The summed E-state index contributed by atoms with van der Waals surface area (Å²) in [4.78, 5) is 21.9. The number of nitrogens with zero attached hydrogens (tertiary/aromatic N) is 4. The number of anilines is 6. The Balaban J connectivity index is 0.711. The molecule has 0 saturated carbocycles. The van der Waals surface area contributed by atoms with E-state index in [9.17, 15) is 0 Å². The second kappa shape index (κ2) is 23.2. The highest BCUT2D eigenvalue weighted by molar-refractivity contribution is 6.39. The van der Waals surface area contributed by atoms with Gasteiger partial charge in [0.1, 0.15) is 0 Å². The fraction of sp³-hybridized carbons (Fsp3) is 0. The molecule has 0 amide bonds. The molecular weight excluding hydrogens is 1040 g/mol. The minimum atomic E-state index is 0.550. The van der Waals surface area contributed by atoms with Crippen LogP contribution in [0, 0.1) is 0 Å². The minimum absolute atomic E-state index is 0.550. The second-order valence-corrected chi connectivity index (χ2v) is 20.8. The third-order valence-corrected chi connectivity index (χ3v) is 15.1. The molecule has 0 radical (unpaired) electrons. The number of hydrogen-bond acceptors (Lipinski definition) is 4. The summed E-state index contributed by atoms with van der Waals surface area (Å²) in [7, 11) is 0. The molecule has 6 nitrogen and oxygen atoms in total. The third-order valence-electron chi connectivity index (χ3n) is 14.5. The molecule has 3 aromatic heterocycles. The van der Waals surface area contributed by atoms with Crippen LogP contribution in [-0.4, -0.2) is 19.9 Å². The number of benzene rings is 8. The zero-order chi connectivity index (χ0) is 55.2. The van der Waals surface area contributed by atoms with Crippen LogP contribution in [0.3, 0.4) is 0 Å². The lowest BCUT2D eigenvalue weighted by atomic mass is 10.0. The van der Waals surface area contributed by atoms with Gasteiger partial charge in [0.2, 0.25) is 0 Å². The van der Waals surface area contributed by atoms with Crippen molar-refractivity contribution in [2.75, 3.05) is 9.80 Å². The summed E-state index contributed by atoms with van der Waals surface area (Å²) in [6, 6.07) is 84.1. The topological polar surface area (TPSA) is 63.8 Å². The van der Waals surface area contributed by atoms with Crippen molar-refractivity contribution < 1.29 is 0 Å². The van der Waals surface area contributed by atoms with Crippen molar-refractivity contribution in [2.45, 2.75) is 0 Å². The SMILES string of the molecule is Clc1cccc(Cl)c1-c1c2nc(cc3ccc([nH]3)c(/C=C/c3ccc(/C=C/c4ccc(N(c5ccccc5)c5ccc(/C=C/c6ccc(N(c7ccccc7)c7ccccc7)cc6)cc5)cc4)cc3)c3nc(cc4ccc1[nH]4)C=C3)C=C2. The highest BCUT2D eigenvalue weighted by Gasteiger charge is 2.18. The molecule has 11 aromatic rings. The summed E-state index contributed by atoms with van der Waals surface area (Å²) in [6.45, 7) is 0. The fourth-order valence-corrected chi connectivity index (χ4v) is 11.0. The smallest absolute Gasteiger partial charge is 0.0738 e. The fourth-order valence-electron chi connectivity index (χ4n) is 10.4. The Morgan fingerprint density at radius 3 is 1.10 bits per heavy atom. The summed E-state index contributed by atoms with van der Waals surface area (Å²) < 4.78 is 0. The molecule has 0 spiro atoms. The van der Waals surface area contributed by atoms with Crippen LogP contribution >= 0.6 is 23.2 Å². The van der Waals surface area contributed by atoms with Crippen LogP contribution < -0.4 is 9.80 Å². The van der Waals surface area contributed by atoms with E-state index >= 15 is 0 Å². The van der Waals surface area contributed by atoms with E-state index in [1.165, 1.54) is 0 Å². The number of fused-ring (bicyclic) bond motifs is 8. The Morgan fingerprint density at radius 2 is 0.659 bits per heavy atom. The van der Waals surface area contributed by atoms with Gasteiger partial charge < -0.3 is 19.8 Å².